The molecule has 0 aromatic carbocycles. The topological polar surface area (TPSA) is 99.1 Å². The van der Waals surface area contributed by atoms with E-state index in [4.69, 9.17) is 11.1 Å². The molecule has 1 aromatic heterocycles. The molecule has 2 rings (SSSR count). The number of aromatic nitrogens is 2. The van der Waals surface area contributed by atoms with Gasteiger partial charge in [0, 0.05) is 13.6 Å². The highest BCUT2D eigenvalue weighted by atomic mass is 16.3. The van der Waals surface area contributed by atoms with E-state index in [2.05, 4.69) is 10.2 Å². The molecule has 1 heterocycles. The molecule has 0 aliphatic heterocycles. The lowest BCUT2D eigenvalue weighted by atomic mass is 10.0. The molecular formula is C12H19N5O. The molecule has 6 heteroatoms. The maximum atomic E-state index is 10.4. The Kier molecular flexibility index (Phi) is 3.47. The van der Waals surface area contributed by atoms with E-state index < -0.39 is 5.60 Å². The number of hydrogen-bond acceptors (Lipinski definition) is 5. The summed E-state index contributed by atoms with van der Waals surface area (Å²) in [6, 6.07) is 1.67. The third-order valence-electron chi connectivity index (χ3n) is 3.42. The zero-order valence-corrected chi connectivity index (χ0v) is 10.6. The van der Waals surface area contributed by atoms with E-state index in [0.717, 1.165) is 25.7 Å². The molecule has 6 nitrogen and oxygen atoms in total. The van der Waals surface area contributed by atoms with Crippen molar-refractivity contribution in [2.45, 2.75) is 31.3 Å². The van der Waals surface area contributed by atoms with Crippen LogP contribution in [0.1, 0.15) is 31.2 Å². The summed E-state index contributed by atoms with van der Waals surface area (Å²) in [5.74, 6) is 0.510. The van der Waals surface area contributed by atoms with Crippen molar-refractivity contribution in [3.8, 4) is 0 Å². The van der Waals surface area contributed by atoms with Crippen LogP contribution >= 0.6 is 0 Å². The van der Waals surface area contributed by atoms with Crippen molar-refractivity contribution < 1.29 is 5.11 Å². The van der Waals surface area contributed by atoms with E-state index in [9.17, 15) is 5.11 Å². The van der Waals surface area contributed by atoms with Gasteiger partial charge in [0.25, 0.3) is 0 Å². The fourth-order valence-corrected chi connectivity index (χ4v) is 2.52. The quantitative estimate of drug-likeness (QED) is 0.533. The molecule has 0 bridgehead atoms. The van der Waals surface area contributed by atoms with Gasteiger partial charge < -0.3 is 15.7 Å². The highest BCUT2D eigenvalue weighted by Crippen LogP contribution is 2.31. The van der Waals surface area contributed by atoms with E-state index in [0.29, 0.717) is 17.9 Å². The summed E-state index contributed by atoms with van der Waals surface area (Å²) < 4.78 is 0. The lowest BCUT2D eigenvalue weighted by Crippen LogP contribution is -2.40. The Labute approximate surface area is 106 Å². The van der Waals surface area contributed by atoms with Gasteiger partial charge in [0.2, 0.25) is 0 Å². The van der Waals surface area contributed by atoms with E-state index in [-0.39, 0.29) is 5.84 Å². The standard InChI is InChI=1S/C12H19N5O/c1-17(8-12(18)5-2-3-6-12)11-9(10(13)14)4-7-15-16-11/h4,7,18H,2-3,5-6,8H2,1H3,(H3,13,14). The Balaban J connectivity index is 2.18. The first kappa shape index (κ1) is 12.8. The first-order valence-electron chi connectivity index (χ1n) is 6.11. The van der Waals surface area contributed by atoms with Gasteiger partial charge in [0.1, 0.15) is 5.84 Å². The SMILES string of the molecule is CN(CC1(O)CCCC1)c1nnccc1C(=N)N. The molecule has 0 spiro atoms. The van der Waals surface area contributed by atoms with Crippen molar-refractivity contribution in [3.05, 3.63) is 17.8 Å². The molecular weight excluding hydrogens is 230 g/mol. The van der Waals surface area contributed by atoms with Crippen molar-refractivity contribution in [2.75, 3.05) is 18.5 Å². The van der Waals surface area contributed by atoms with Gasteiger partial charge >= 0.3 is 0 Å². The Hall–Kier alpha value is -1.69. The van der Waals surface area contributed by atoms with Gasteiger partial charge in [-0.1, -0.05) is 12.8 Å². The lowest BCUT2D eigenvalue weighted by Gasteiger charge is -2.29. The fourth-order valence-electron chi connectivity index (χ4n) is 2.52. The highest BCUT2D eigenvalue weighted by molar-refractivity contribution is 5.99. The van der Waals surface area contributed by atoms with Crippen molar-refractivity contribution in [3.63, 3.8) is 0 Å². The second-order valence-corrected chi connectivity index (χ2v) is 4.97. The number of amidine groups is 1. The second kappa shape index (κ2) is 4.89. The van der Waals surface area contributed by atoms with Crippen LogP contribution in [0.3, 0.4) is 0 Å². The lowest BCUT2D eigenvalue weighted by molar-refractivity contribution is 0.0557. The number of aliphatic hydroxyl groups is 1. The third kappa shape index (κ3) is 2.59. The predicted octanol–water partition coefficient (Wildman–Crippen LogP) is 0.502. The van der Waals surface area contributed by atoms with Crippen LogP contribution in [0, 0.1) is 5.41 Å². The second-order valence-electron chi connectivity index (χ2n) is 4.97. The van der Waals surface area contributed by atoms with Gasteiger partial charge in [-0.3, -0.25) is 5.41 Å². The predicted molar refractivity (Wildman–Crippen MR) is 69.7 cm³/mol. The van der Waals surface area contributed by atoms with Crippen molar-refractivity contribution >= 4 is 11.7 Å². The number of rotatable bonds is 4. The van der Waals surface area contributed by atoms with Gasteiger partial charge in [-0.2, -0.15) is 5.10 Å². The zero-order valence-electron chi connectivity index (χ0n) is 10.6. The Morgan fingerprint density at radius 2 is 2.22 bits per heavy atom. The van der Waals surface area contributed by atoms with Crippen LogP contribution in [0.15, 0.2) is 12.3 Å². The maximum absolute atomic E-state index is 10.4. The first-order valence-corrected chi connectivity index (χ1v) is 6.11. The molecule has 1 saturated carbocycles. The maximum Gasteiger partial charge on any atom is 0.162 e. The van der Waals surface area contributed by atoms with Crippen LogP contribution < -0.4 is 10.6 Å². The smallest absolute Gasteiger partial charge is 0.162 e. The summed E-state index contributed by atoms with van der Waals surface area (Å²) in [5.41, 5.74) is 5.42. The summed E-state index contributed by atoms with van der Waals surface area (Å²) in [5, 5.41) is 25.7. The van der Waals surface area contributed by atoms with Gasteiger partial charge in [0.15, 0.2) is 5.82 Å². The van der Waals surface area contributed by atoms with E-state index in [1.54, 1.807) is 6.07 Å². The van der Waals surface area contributed by atoms with Crippen LogP contribution in [0.5, 0.6) is 0 Å². The van der Waals surface area contributed by atoms with Gasteiger partial charge in [-0.25, -0.2) is 0 Å². The first-order chi connectivity index (χ1) is 8.52. The number of nitrogen functional groups attached to an aromatic ring is 1. The largest absolute Gasteiger partial charge is 0.388 e. The number of likely N-dealkylation sites (N-methyl/N-ethyl adjacent to an activating group) is 1. The molecule has 0 atom stereocenters. The van der Waals surface area contributed by atoms with Crippen LogP contribution in [0.4, 0.5) is 5.82 Å². The summed E-state index contributed by atoms with van der Waals surface area (Å²) in [6.07, 6.45) is 5.26. The van der Waals surface area contributed by atoms with Crippen molar-refractivity contribution in [1.82, 2.24) is 10.2 Å². The summed E-state index contributed by atoms with van der Waals surface area (Å²) >= 11 is 0. The minimum Gasteiger partial charge on any atom is -0.388 e. The monoisotopic (exact) mass is 249 g/mol. The number of nitrogens with one attached hydrogen (secondary N) is 1. The number of anilines is 1. The molecule has 0 radical (unpaired) electrons. The normalized spacial score (nSPS) is 17.7. The zero-order chi connectivity index (χ0) is 13.2. The van der Waals surface area contributed by atoms with Crippen molar-refractivity contribution in [1.29, 1.82) is 5.41 Å². The third-order valence-corrected chi connectivity index (χ3v) is 3.42. The number of nitrogens with zero attached hydrogens (tertiary/aromatic N) is 3. The molecule has 0 unspecified atom stereocenters. The Morgan fingerprint density at radius 3 is 2.83 bits per heavy atom. The molecule has 1 aliphatic rings. The molecule has 1 aromatic rings. The molecule has 4 N–H and O–H groups in total. The van der Waals surface area contributed by atoms with Crippen LogP contribution in [0.25, 0.3) is 0 Å². The molecule has 1 aliphatic carbocycles. The van der Waals surface area contributed by atoms with E-state index >= 15 is 0 Å². The van der Waals surface area contributed by atoms with E-state index in [1.165, 1.54) is 6.20 Å². The Bertz CT molecular complexity index is 442. The Morgan fingerprint density at radius 1 is 1.56 bits per heavy atom. The molecule has 98 valence electrons. The molecule has 18 heavy (non-hydrogen) atoms. The van der Waals surface area contributed by atoms with Crippen LogP contribution in [0.2, 0.25) is 0 Å². The number of nitrogens with two attached hydrogens (primary N) is 1. The molecule has 0 amide bonds. The highest BCUT2D eigenvalue weighted by Gasteiger charge is 2.33. The molecule has 0 saturated heterocycles. The van der Waals surface area contributed by atoms with Crippen LogP contribution in [-0.4, -0.2) is 40.3 Å². The number of hydrogen-bond donors (Lipinski definition) is 3. The minimum absolute atomic E-state index is 0.0369. The summed E-state index contributed by atoms with van der Waals surface area (Å²) in [7, 11) is 1.84. The fraction of sp³-hybridized carbons (Fsp3) is 0.583. The van der Waals surface area contributed by atoms with Crippen molar-refractivity contribution in [2.24, 2.45) is 5.73 Å². The summed E-state index contributed by atoms with van der Waals surface area (Å²) in [4.78, 5) is 1.83. The summed E-state index contributed by atoms with van der Waals surface area (Å²) in [6.45, 7) is 0.492. The average molecular weight is 249 g/mol. The van der Waals surface area contributed by atoms with Gasteiger partial charge in [-0.05, 0) is 18.9 Å². The van der Waals surface area contributed by atoms with Gasteiger partial charge in [0.05, 0.1) is 17.4 Å². The van der Waals surface area contributed by atoms with Gasteiger partial charge in [-0.15, -0.1) is 5.10 Å². The van der Waals surface area contributed by atoms with E-state index in [1.807, 2.05) is 11.9 Å². The average Bonchev–Trinajstić information content (AvgIpc) is 2.75. The van der Waals surface area contributed by atoms with Crippen LogP contribution in [-0.2, 0) is 0 Å². The molecule has 1 fully saturated rings. The minimum atomic E-state index is -0.652.